The molecule has 4 aromatic rings. The molecule has 0 fully saturated rings. The lowest BCUT2D eigenvalue weighted by Gasteiger charge is -2.34. The maximum Gasteiger partial charge on any atom is 0.264 e. The fourth-order valence-electron chi connectivity index (χ4n) is 4.90. The second-order valence-electron chi connectivity index (χ2n) is 10.9. The van der Waals surface area contributed by atoms with Gasteiger partial charge in [0.15, 0.2) is 0 Å². The number of halogens is 2. The molecule has 1 atom stereocenters. The molecule has 0 radical (unpaired) electrons. The topological polar surface area (TPSA) is 86.8 Å². The Bertz CT molecular complexity index is 1730. The van der Waals surface area contributed by atoms with Crippen LogP contribution in [0, 0.1) is 13.8 Å². The Labute approximate surface area is 275 Å². The fourth-order valence-corrected chi connectivity index (χ4v) is 6.63. The van der Waals surface area contributed by atoms with Crippen molar-refractivity contribution in [2.24, 2.45) is 0 Å². The lowest BCUT2D eigenvalue weighted by Crippen LogP contribution is -2.53. The SMILES string of the molecule is CCCNC(=O)C(Cc1ccccc1)N(Cc1ccc(Cl)c(Cl)c1)C(=O)CN(c1cccc(C)c1)S(=O)(=O)c1ccc(C)cc1. The maximum atomic E-state index is 14.5. The Kier molecular flexibility index (Phi) is 11.7. The van der Waals surface area contributed by atoms with Crippen molar-refractivity contribution < 1.29 is 18.0 Å². The number of carbonyl (C=O) groups is 2. The minimum Gasteiger partial charge on any atom is -0.354 e. The van der Waals surface area contributed by atoms with Gasteiger partial charge < -0.3 is 10.2 Å². The number of hydrogen-bond donors (Lipinski definition) is 1. The quantitative estimate of drug-likeness (QED) is 0.167. The van der Waals surface area contributed by atoms with Crippen LogP contribution in [0.5, 0.6) is 0 Å². The van der Waals surface area contributed by atoms with Gasteiger partial charge in [-0.25, -0.2) is 8.42 Å². The number of carbonyl (C=O) groups excluding carboxylic acids is 2. The third-order valence-corrected chi connectivity index (χ3v) is 9.86. The van der Waals surface area contributed by atoms with Crippen LogP contribution in [-0.2, 0) is 32.6 Å². The van der Waals surface area contributed by atoms with Crippen molar-refractivity contribution in [3.8, 4) is 0 Å². The van der Waals surface area contributed by atoms with Gasteiger partial charge in [0.05, 0.1) is 20.6 Å². The molecular formula is C35H37Cl2N3O4S. The van der Waals surface area contributed by atoms with Gasteiger partial charge in [0.1, 0.15) is 12.6 Å². The molecule has 2 amide bonds. The zero-order valence-electron chi connectivity index (χ0n) is 25.5. The van der Waals surface area contributed by atoms with E-state index in [-0.39, 0.29) is 23.8 Å². The summed E-state index contributed by atoms with van der Waals surface area (Å²) in [5.41, 5.74) is 3.57. The average Bonchev–Trinajstić information content (AvgIpc) is 3.02. The van der Waals surface area contributed by atoms with E-state index in [1.807, 2.05) is 57.2 Å². The highest BCUT2D eigenvalue weighted by atomic mass is 35.5. The molecule has 0 aliphatic rings. The first-order valence-corrected chi connectivity index (χ1v) is 16.9. The summed E-state index contributed by atoms with van der Waals surface area (Å²) in [7, 11) is -4.17. The van der Waals surface area contributed by atoms with Crippen LogP contribution in [0.1, 0.15) is 35.6 Å². The number of nitrogens with zero attached hydrogens (tertiary/aromatic N) is 2. The molecule has 0 aliphatic heterocycles. The molecule has 0 bridgehead atoms. The molecule has 4 rings (SSSR count). The first-order chi connectivity index (χ1) is 21.5. The molecule has 0 saturated heterocycles. The Hall–Kier alpha value is -3.85. The van der Waals surface area contributed by atoms with Gasteiger partial charge in [-0.15, -0.1) is 0 Å². The molecule has 0 aromatic heterocycles. The summed E-state index contributed by atoms with van der Waals surface area (Å²) in [6.07, 6.45) is 0.930. The molecule has 1 N–H and O–H groups in total. The van der Waals surface area contributed by atoms with Crippen LogP contribution in [0.15, 0.2) is 102 Å². The summed E-state index contributed by atoms with van der Waals surface area (Å²) in [5.74, 6) is -0.886. The molecule has 1 unspecified atom stereocenters. The molecular weight excluding hydrogens is 629 g/mol. The molecule has 0 aliphatic carbocycles. The lowest BCUT2D eigenvalue weighted by atomic mass is 10.0. The minimum absolute atomic E-state index is 0.000988. The zero-order valence-corrected chi connectivity index (χ0v) is 27.9. The van der Waals surface area contributed by atoms with Crippen molar-refractivity contribution in [2.75, 3.05) is 17.4 Å². The monoisotopic (exact) mass is 665 g/mol. The van der Waals surface area contributed by atoms with Gasteiger partial charge >= 0.3 is 0 Å². The highest BCUT2D eigenvalue weighted by molar-refractivity contribution is 7.92. The molecule has 45 heavy (non-hydrogen) atoms. The Morgan fingerprint density at radius 1 is 0.800 bits per heavy atom. The highest BCUT2D eigenvalue weighted by Crippen LogP contribution is 2.27. The van der Waals surface area contributed by atoms with Gasteiger partial charge in [0.25, 0.3) is 10.0 Å². The number of amides is 2. The van der Waals surface area contributed by atoms with Crippen molar-refractivity contribution in [1.82, 2.24) is 10.2 Å². The van der Waals surface area contributed by atoms with Gasteiger partial charge in [-0.1, -0.05) is 96.4 Å². The minimum atomic E-state index is -4.17. The number of anilines is 1. The standard InChI is InChI=1S/C35H37Cl2N3O4S/c1-4-19-38-35(42)33(22-27-10-6-5-7-11-27)39(23-28-15-18-31(36)32(37)21-28)34(41)24-40(29-12-8-9-26(3)20-29)45(43,44)30-16-13-25(2)14-17-30/h5-18,20-21,33H,4,19,22-24H2,1-3H3,(H,38,42). The first-order valence-electron chi connectivity index (χ1n) is 14.7. The zero-order chi connectivity index (χ0) is 32.6. The van der Waals surface area contributed by atoms with Crippen LogP contribution in [-0.4, -0.2) is 44.3 Å². The van der Waals surface area contributed by atoms with E-state index in [0.717, 1.165) is 21.0 Å². The predicted octanol–water partition coefficient (Wildman–Crippen LogP) is 6.97. The van der Waals surface area contributed by atoms with Gasteiger partial charge in [0, 0.05) is 19.5 Å². The van der Waals surface area contributed by atoms with E-state index in [1.54, 1.807) is 48.5 Å². The second kappa shape index (κ2) is 15.4. The van der Waals surface area contributed by atoms with Crippen LogP contribution in [0.4, 0.5) is 5.69 Å². The van der Waals surface area contributed by atoms with Crippen molar-refractivity contribution in [2.45, 2.75) is 51.1 Å². The summed E-state index contributed by atoms with van der Waals surface area (Å²) in [6, 6.07) is 26.9. The molecule has 10 heteroatoms. The number of rotatable bonds is 13. The summed E-state index contributed by atoms with van der Waals surface area (Å²) in [6.45, 7) is 5.56. The number of aryl methyl sites for hydroxylation is 2. The molecule has 236 valence electrons. The van der Waals surface area contributed by atoms with Crippen molar-refractivity contribution in [1.29, 1.82) is 0 Å². The number of hydrogen-bond acceptors (Lipinski definition) is 4. The Morgan fingerprint density at radius 3 is 2.16 bits per heavy atom. The van der Waals surface area contributed by atoms with Crippen LogP contribution >= 0.6 is 23.2 Å². The van der Waals surface area contributed by atoms with Crippen LogP contribution < -0.4 is 9.62 Å². The van der Waals surface area contributed by atoms with Crippen molar-refractivity contribution in [3.05, 3.63) is 129 Å². The number of benzene rings is 4. The lowest BCUT2D eigenvalue weighted by molar-refractivity contribution is -0.140. The summed E-state index contributed by atoms with van der Waals surface area (Å²) >= 11 is 12.5. The van der Waals surface area contributed by atoms with E-state index in [4.69, 9.17) is 23.2 Å². The van der Waals surface area contributed by atoms with Crippen LogP contribution in [0.2, 0.25) is 10.0 Å². The molecule has 7 nitrogen and oxygen atoms in total. The maximum absolute atomic E-state index is 14.5. The third kappa shape index (κ3) is 8.87. The van der Waals surface area contributed by atoms with E-state index in [0.29, 0.717) is 34.3 Å². The van der Waals surface area contributed by atoms with Gasteiger partial charge in [-0.2, -0.15) is 0 Å². The van der Waals surface area contributed by atoms with Crippen molar-refractivity contribution >= 4 is 50.7 Å². The van der Waals surface area contributed by atoms with E-state index in [1.165, 1.54) is 17.0 Å². The largest absolute Gasteiger partial charge is 0.354 e. The normalized spacial score (nSPS) is 11.9. The van der Waals surface area contributed by atoms with E-state index in [9.17, 15) is 18.0 Å². The average molecular weight is 667 g/mol. The molecule has 4 aromatic carbocycles. The van der Waals surface area contributed by atoms with Crippen LogP contribution in [0.25, 0.3) is 0 Å². The van der Waals surface area contributed by atoms with Crippen molar-refractivity contribution in [3.63, 3.8) is 0 Å². The first kappa shape index (κ1) is 34.0. The van der Waals surface area contributed by atoms with E-state index >= 15 is 0 Å². The second-order valence-corrected chi connectivity index (χ2v) is 13.6. The summed E-state index contributed by atoms with van der Waals surface area (Å²) in [5, 5.41) is 3.60. The molecule has 0 saturated carbocycles. The predicted molar refractivity (Wildman–Crippen MR) is 181 cm³/mol. The van der Waals surface area contributed by atoms with Gasteiger partial charge in [-0.05, 0) is 73.4 Å². The Balaban J connectivity index is 1.81. The van der Waals surface area contributed by atoms with Crippen LogP contribution in [0.3, 0.4) is 0 Å². The molecule has 0 spiro atoms. The third-order valence-electron chi connectivity index (χ3n) is 7.33. The fraction of sp³-hybridized carbons (Fsp3) is 0.257. The summed E-state index contributed by atoms with van der Waals surface area (Å²) < 4.78 is 29.4. The van der Waals surface area contributed by atoms with E-state index < -0.39 is 28.5 Å². The van der Waals surface area contributed by atoms with Gasteiger partial charge in [-0.3, -0.25) is 13.9 Å². The Morgan fingerprint density at radius 2 is 1.51 bits per heavy atom. The molecule has 0 heterocycles. The van der Waals surface area contributed by atoms with E-state index in [2.05, 4.69) is 5.32 Å². The highest BCUT2D eigenvalue weighted by Gasteiger charge is 2.34. The number of nitrogens with one attached hydrogen (secondary N) is 1. The van der Waals surface area contributed by atoms with Gasteiger partial charge in [0.2, 0.25) is 11.8 Å². The number of sulfonamides is 1. The summed E-state index contributed by atoms with van der Waals surface area (Å²) in [4.78, 5) is 29.7. The smallest absolute Gasteiger partial charge is 0.264 e.